The Kier molecular flexibility index (Phi) is 4.61. The van der Waals surface area contributed by atoms with Gasteiger partial charge >= 0.3 is 6.03 Å². The second-order valence-electron chi connectivity index (χ2n) is 5.63. The molecule has 2 heterocycles. The molecule has 0 spiro atoms. The third kappa shape index (κ3) is 3.37. The first-order valence-corrected chi connectivity index (χ1v) is 7.89. The lowest BCUT2D eigenvalue weighted by molar-refractivity contribution is 0.0882. The number of carbonyl (C=O) groups is 1. The van der Waals surface area contributed by atoms with E-state index in [1.807, 2.05) is 6.92 Å². The first kappa shape index (κ1) is 15.5. The third-order valence-electron chi connectivity index (χ3n) is 4.10. The molecule has 8 heteroatoms. The number of hydrogen-bond donors (Lipinski definition) is 4. The van der Waals surface area contributed by atoms with E-state index in [0.717, 1.165) is 42.5 Å². The molecular weight excluding hydrogens is 296 g/mol. The number of aromatic nitrogens is 3. The number of nitrogens with zero attached hydrogens (tertiary/aromatic N) is 2. The van der Waals surface area contributed by atoms with E-state index in [-0.39, 0.29) is 18.2 Å². The van der Waals surface area contributed by atoms with Crippen molar-refractivity contribution in [3.05, 3.63) is 12.3 Å². The summed E-state index contributed by atoms with van der Waals surface area (Å²) in [5.74, 6) is 1.24. The summed E-state index contributed by atoms with van der Waals surface area (Å²) < 4.78 is 5.38. The van der Waals surface area contributed by atoms with Crippen molar-refractivity contribution in [2.24, 2.45) is 0 Å². The van der Waals surface area contributed by atoms with Crippen LogP contribution >= 0.6 is 0 Å². The van der Waals surface area contributed by atoms with Gasteiger partial charge in [-0.25, -0.2) is 9.78 Å². The summed E-state index contributed by atoms with van der Waals surface area (Å²) >= 11 is 0. The molecular formula is C15H22N6O2. The molecule has 23 heavy (non-hydrogen) atoms. The lowest BCUT2D eigenvalue weighted by atomic mass is 10.2. The highest BCUT2D eigenvalue weighted by atomic mass is 16.5. The van der Waals surface area contributed by atoms with Crippen LogP contribution in [0.15, 0.2) is 12.3 Å². The van der Waals surface area contributed by atoms with Gasteiger partial charge in [0, 0.05) is 25.9 Å². The number of carbonyl (C=O) groups excluding carboxylic acids is 1. The molecule has 1 fully saturated rings. The molecule has 0 bridgehead atoms. The Balaban J connectivity index is 1.65. The fourth-order valence-corrected chi connectivity index (χ4v) is 2.98. The van der Waals surface area contributed by atoms with Crippen LogP contribution in [-0.2, 0) is 4.74 Å². The monoisotopic (exact) mass is 318 g/mol. The number of aromatic amines is 1. The van der Waals surface area contributed by atoms with Gasteiger partial charge in [-0.3, -0.25) is 10.4 Å². The topological polar surface area (TPSA) is 104 Å². The molecule has 2 amide bonds. The summed E-state index contributed by atoms with van der Waals surface area (Å²) in [5.41, 5.74) is 0.821. The zero-order chi connectivity index (χ0) is 16.2. The SMILES string of the molecule is CCNc1n[nH]c2cc(NC(=O)N[C@@H]3CCC[C@H]3OC)ncc12. The number of amides is 2. The third-order valence-corrected chi connectivity index (χ3v) is 4.10. The maximum atomic E-state index is 12.1. The molecule has 124 valence electrons. The number of H-pyrrole nitrogens is 1. The molecule has 0 saturated heterocycles. The minimum absolute atomic E-state index is 0.0521. The van der Waals surface area contributed by atoms with Gasteiger partial charge in [0.05, 0.1) is 23.0 Å². The van der Waals surface area contributed by atoms with Crippen molar-refractivity contribution >= 4 is 28.6 Å². The van der Waals surface area contributed by atoms with Crippen molar-refractivity contribution < 1.29 is 9.53 Å². The summed E-state index contributed by atoms with van der Waals surface area (Å²) in [6.07, 6.45) is 4.76. The predicted octanol–water partition coefficient (Wildman–Crippen LogP) is 2.08. The van der Waals surface area contributed by atoms with E-state index >= 15 is 0 Å². The number of fused-ring (bicyclic) bond motifs is 1. The molecule has 0 aliphatic heterocycles. The van der Waals surface area contributed by atoms with Gasteiger partial charge in [0.2, 0.25) is 0 Å². The number of ether oxygens (including phenoxy) is 1. The number of anilines is 2. The lowest BCUT2D eigenvalue weighted by Crippen LogP contribution is -2.43. The summed E-state index contributed by atoms with van der Waals surface area (Å²) in [6.45, 7) is 2.79. The molecule has 2 aromatic rings. The Morgan fingerprint density at radius 1 is 1.48 bits per heavy atom. The molecule has 8 nitrogen and oxygen atoms in total. The molecule has 3 rings (SSSR count). The highest BCUT2D eigenvalue weighted by Crippen LogP contribution is 2.23. The van der Waals surface area contributed by atoms with Crippen molar-refractivity contribution in [2.75, 3.05) is 24.3 Å². The fraction of sp³-hybridized carbons (Fsp3) is 0.533. The molecule has 2 atom stereocenters. The van der Waals surface area contributed by atoms with Crippen LogP contribution in [0.1, 0.15) is 26.2 Å². The van der Waals surface area contributed by atoms with Crippen molar-refractivity contribution in [3.63, 3.8) is 0 Å². The van der Waals surface area contributed by atoms with Crippen LogP contribution in [0.2, 0.25) is 0 Å². The molecule has 0 unspecified atom stereocenters. The van der Waals surface area contributed by atoms with E-state index in [2.05, 4.69) is 31.1 Å². The Hall–Kier alpha value is -2.35. The Bertz CT molecular complexity index is 686. The van der Waals surface area contributed by atoms with Gasteiger partial charge in [-0.15, -0.1) is 0 Å². The summed E-state index contributed by atoms with van der Waals surface area (Å²) in [5, 5.41) is 16.9. The number of hydrogen-bond acceptors (Lipinski definition) is 5. The molecule has 2 aromatic heterocycles. The molecule has 1 aliphatic carbocycles. The Morgan fingerprint density at radius 3 is 3.13 bits per heavy atom. The standard InChI is InChI=1S/C15H22N6O2/c1-3-16-14-9-8-17-13(7-11(9)20-21-14)19-15(22)18-10-5-4-6-12(10)23-2/h7-8,10,12H,3-6H2,1-2H3,(H2,16,20,21)(H2,17,18,19,22)/t10-,12-/m1/s1. The highest BCUT2D eigenvalue weighted by Gasteiger charge is 2.28. The average Bonchev–Trinajstić information content (AvgIpc) is 3.14. The quantitative estimate of drug-likeness (QED) is 0.676. The van der Waals surface area contributed by atoms with Crippen LogP contribution in [0.25, 0.3) is 10.9 Å². The van der Waals surface area contributed by atoms with Crippen molar-refractivity contribution in [2.45, 2.75) is 38.3 Å². The van der Waals surface area contributed by atoms with Crippen LogP contribution in [0.4, 0.5) is 16.4 Å². The van der Waals surface area contributed by atoms with Gasteiger partial charge in [0.15, 0.2) is 5.82 Å². The van der Waals surface area contributed by atoms with Gasteiger partial charge in [0.1, 0.15) is 5.82 Å². The van der Waals surface area contributed by atoms with E-state index in [9.17, 15) is 4.79 Å². The first-order chi connectivity index (χ1) is 11.2. The molecule has 1 saturated carbocycles. The van der Waals surface area contributed by atoms with E-state index in [1.165, 1.54) is 0 Å². The van der Waals surface area contributed by atoms with Crippen molar-refractivity contribution in [3.8, 4) is 0 Å². The normalized spacial score (nSPS) is 20.6. The van der Waals surface area contributed by atoms with Crippen molar-refractivity contribution in [1.29, 1.82) is 0 Å². The average molecular weight is 318 g/mol. The Morgan fingerprint density at radius 2 is 2.35 bits per heavy atom. The van der Waals surface area contributed by atoms with E-state index in [1.54, 1.807) is 19.4 Å². The van der Waals surface area contributed by atoms with Crippen LogP contribution in [0.3, 0.4) is 0 Å². The van der Waals surface area contributed by atoms with E-state index < -0.39 is 0 Å². The van der Waals surface area contributed by atoms with Gasteiger partial charge in [-0.05, 0) is 26.2 Å². The summed E-state index contributed by atoms with van der Waals surface area (Å²) in [6, 6.07) is 1.55. The zero-order valence-corrected chi connectivity index (χ0v) is 13.3. The predicted molar refractivity (Wildman–Crippen MR) is 88.6 cm³/mol. The largest absolute Gasteiger partial charge is 0.379 e. The minimum atomic E-state index is -0.266. The second kappa shape index (κ2) is 6.82. The number of nitrogens with one attached hydrogen (secondary N) is 4. The molecule has 4 N–H and O–H groups in total. The molecule has 0 radical (unpaired) electrons. The van der Waals surface area contributed by atoms with Crippen molar-refractivity contribution in [1.82, 2.24) is 20.5 Å². The van der Waals surface area contributed by atoms with Gasteiger partial charge in [-0.1, -0.05) is 0 Å². The van der Waals surface area contributed by atoms with Crippen LogP contribution in [-0.4, -0.2) is 47.0 Å². The number of rotatable bonds is 5. The lowest BCUT2D eigenvalue weighted by Gasteiger charge is -2.19. The second-order valence-corrected chi connectivity index (χ2v) is 5.63. The number of pyridine rings is 1. The first-order valence-electron chi connectivity index (χ1n) is 7.89. The van der Waals surface area contributed by atoms with Crippen LogP contribution in [0.5, 0.6) is 0 Å². The maximum absolute atomic E-state index is 12.1. The van der Waals surface area contributed by atoms with E-state index in [4.69, 9.17) is 4.74 Å². The van der Waals surface area contributed by atoms with E-state index in [0.29, 0.717) is 5.82 Å². The van der Waals surface area contributed by atoms with Gasteiger partial charge in [0.25, 0.3) is 0 Å². The number of urea groups is 1. The molecule has 0 aromatic carbocycles. The fourth-order valence-electron chi connectivity index (χ4n) is 2.98. The highest BCUT2D eigenvalue weighted by molar-refractivity contribution is 5.94. The minimum Gasteiger partial charge on any atom is -0.379 e. The summed E-state index contributed by atoms with van der Waals surface area (Å²) in [7, 11) is 1.68. The van der Waals surface area contributed by atoms with Gasteiger partial charge in [-0.2, -0.15) is 5.10 Å². The maximum Gasteiger partial charge on any atom is 0.320 e. The number of methoxy groups -OCH3 is 1. The smallest absolute Gasteiger partial charge is 0.320 e. The molecule has 1 aliphatic rings. The van der Waals surface area contributed by atoms with Crippen LogP contribution < -0.4 is 16.0 Å². The van der Waals surface area contributed by atoms with Crippen LogP contribution in [0, 0.1) is 0 Å². The zero-order valence-electron chi connectivity index (χ0n) is 13.3. The van der Waals surface area contributed by atoms with Gasteiger partial charge < -0.3 is 15.4 Å². The Labute approximate surface area is 134 Å². The summed E-state index contributed by atoms with van der Waals surface area (Å²) in [4.78, 5) is 16.4.